The number of rotatable bonds is 11. The molecule has 2 aromatic heterocycles. The lowest BCUT2D eigenvalue weighted by molar-refractivity contribution is 0.0499. The van der Waals surface area contributed by atoms with Gasteiger partial charge in [0.25, 0.3) is 0 Å². The Morgan fingerprint density at radius 3 is 2.67 bits per heavy atom. The van der Waals surface area contributed by atoms with Gasteiger partial charge in [0.05, 0.1) is 48.0 Å². The summed E-state index contributed by atoms with van der Waals surface area (Å²) in [6.45, 7) is -0.450. The molecule has 8 rings (SSSR count). The quantitative estimate of drug-likeness (QED) is 0.168. The maximum Gasteiger partial charge on any atom is 0.475 e. The van der Waals surface area contributed by atoms with Crippen LogP contribution < -0.4 is 24.7 Å². The maximum absolute atomic E-state index is 15.7. The number of amides is 1. The fraction of sp³-hybridized carbons (Fsp3) is 0.387. The van der Waals surface area contributed by atoms with Crippen LogP contribution in [0.1, 0.15) is 35.7 Å². The number of carboxylic acids is 1. The number of nitrogens with zero attached hydrogens (tertiary/aromatic N) is 6. The van der Waals surface area contributed by atoms with Crippen LogP contribution in [0.15, 0.2) is 47.7 Å². The van der Waals surface area contributed by atoms with Gasteiger partial charge in [-0.1, -0.05) is 5.21 Å². The van der Waals surface area contributed by atoms with Crippen molar-refractivity contribution in [2.45, 2.75) is 50.1 Å². The Morgan fingerprint density at radius 1 is 1.12 bits per heavy atom. The van der Waals surface area contributed by atoms with Gasteiger partial charge in [0.1, 0.15) is 24.0 Å². The second-order valence-electron chi connectivity index (χ2n) is 12.5. The molecule has 1 amide bonds. The highest BCUT2D eigenvalue weighted by Crippen LogP contribution is 2.50. The summed E-state index contributed by atoms with van der Waals surface area (Å²) in [7, 11) is -4.77. The number of halogens is 2. The standard InChI is InChI=1S/C31H29F2N6O11P/c32-23-8-17(39-12-20(49-31(39)43)10-36-6-5-34-35-36)3-4-25(23)47-15-48-51(44,45)50-19-7-18-14-46-29-26-21(9-24(33)27(29)37(18)11-19)28(40)22(30(41)42)13-38(26)16-1-2-16/h3-6,8-9,13,16,18-20H,1-2,7,10-12,14-15H2,(H,41,42)(H,44,45)/t18-,19-,20-/m0/s1. The number of aromatic carboxylic acids is 1. The average Bonchev–Trinajstić information content (AvgIpc) is 3.44. The molecule has 2 saturated heterocycles. The van der Waals surface area contributed by atoms with Gasteiger partial charge in [0.15, 0.2) is 23.1 Å². The summed E-state index contributed by atoms with van der Waals surface area (Å²) in [6, 6.07) is 4.16. The highest BCUT2D eigenvalue weighted by molar-refractivity contribution is 7.47. The van der Waals surface area contributed by atoms with Crippen molar-refractivity contribution < 1.29 is 56.2 Å². The second kappa shape index (κ2) is 12.6. The van der Waals surface area contributed by atoms with Crippen LogP contribution in [0.2, 0.25) is 0 Å². The van der Waals surface area contributed by atoms with Gasteiger partial charge in [0, 0.05) is 31.0 Å². The topological polar surface area (TPSA) is 197 Å². The van der Waals surface area contributed by atoms with Crippen LogP contribution in [0.25, 0.3) is 10.9 Å². The number of hydrogen-bond donors (Lipinski definition) is 2. The van der Waals surface area contributed by atoms with E-state index in [-0.39, 0.29) is 72.5 Å². The Balaban J connectivity index is 0.910. The first-order chi connectivity index (χ1) is 24.5. The van der Waals surface area contributed by atoms with Gasteiger partial charge in [-0.25, -0.2) is 32.1 Å². The SMILES string of the molecule is O=C(O)c1cn(C2CC2)c2c3c(c(F)cc2c1=O)N1C[C@@H](OP(=O)(O)OCOc2ccc(N4C[C@H](Cn5ccnn5)OC4=O)cc2F)C[C@H]1CO3. The van der Waals surface area contributed by atoms with Crippen molar-refractivity contribution in [3.8, 4) is 11.5 Å². The molecule has 51 heavy (non-hydrogen) atoms. The molecule has 268 valence electrons. The van der Waals surface area contributed by atoms with Crippen LogP contribution in [0.3, 0.4) is 0 Å². The number of phosphoric ester groups is 1. The van der Waals surface area contributed by atoms with E-state index in [9.17, 15) is 33.3 Å². The highest BCUT2D eigenvalue weighted by atomic mass is 31.2. The van der Waals surface area contributed by atoms with E-state index in [0.717, 1.165) is 25.0 Å². The van der Waals surface area contributed by atoms with Crippen LogP contribution in [0.5, 0.6) is 11.5 Å². The third-order valence-electron chi connectivity index (χ3n) is 9.13. The minimum Gasteiger partial charge on any atom is -0.487 e. The molecule has 4 atom stereocenters. The lowest BCUT2D eigenvalue weighted by Crippen LogP contribution is -2.39. The Morgan fingerprint density at radius 2 is 1.94 bits per heavy atom. The maximum atomic E-state index is 15.7. The van der Waals surface area contributed by atoms with E-state index in [0.29, 0.717) is 0 Å². The van der Waals surface area contributed by atoms with Crippen LogP contribution in [-0.2, 0) is 24.9 Å². The van der Waals surface area contributed by atoms with E-state index in [1.54, 1.807) is 15.7 Å². The van der Waals surface area contributed by atoms with Gasteiger partial charge < -0.3 is 33.7 Å². The molecule has 4 aliphatic rings. The van der Waals surface area contributed by atoms with E-state index in [2.05, 4.69) is 10.3 Å². The van der Waals surface area contributed by atoms with E-state index < -0.39 is 67.6 Å². The van der Waals surface area contributed by atoms with Crippen molar-refractivity contribution >= 4 is 42.2 Å². The smallest absolute Gasteiger partial charge is 0.475 e. The first kappa shape index (κ1) is 33.1. The summed E-state index contributed by atoms with van der Waals surface area (Å²) in [5.41, 5.74) is -0.775. The predicted octanol–water partition coefficient (Wildman–Crippen LogP) is 3.44. The van der Waals surface area contributed by atoms with Gasteiger partial charge >= 0.3 is 19.9 Å². The highest BCUT2D eigenvalue weighted by Gasteiger charge is 2.44. The van der Waals surface area contributed by atoms with Gasteiger partial charge in [-0.05, 0) is 37.5 Å². The Bertz CT molecular complexity index is 2160. The zero-order valence-electron chi connectivity index (χ0n) is 26.5. The molecule has 3 fully saturated rings. The van der Waals surface area contributed by atoms with Crippen molar-refractivity contribution in [3.63, 3.8) is 0 Å². The molecule has 2 aromatic carbocycles. The third kappa shape index (κ3) is 6.26. The molecule has 0 radical (unpaired) electrons. The van der Waals surface area contributed by atoms with Gasteiger partial charge in [-0.15, -0.1) is 5.10 Å². The van der Waals surface area contributed by atoms with E-state index in [4.69, 9.17) is 23.3 Å². The predicted molar refractivity (Wildman–Crippen MR) is 170 cm³/mol. The van der Waals surface area contributed by atoms with E-state index >= 15 is 4.39 Å². The zero-order chi connectivity index (χ0) is 35.6. The Labute approximate surface area is 286 Å². The summed E-state index contributed by atoms with van der Waals surface area (Å²) in [5, 5.41) is 17.0. The van der Waals surface area contributed by atoms with Crippen LogP contribution in [0, 0.1) is 11.6 Å². The molecule has 0 spiro atoms. The van der Waals surface area contributed by atoms with Crippen molar-refractivity contribution in [1.82, 2.24) is 19.6 Å². The van der Waals surface area contributed by atoms with Crippen LogP contribution >= 0.6 is 7.82 Å². The molecular formula is C31H29F2N6O11P. The number of aromatic nitrogens is 4. The number of carbonyl (C=O) groups excluding carboxylic acids is 1. The summed E-state index contributed by atoms with van der Waals surface area (Å²) >= 11 is 0. The number of carboxylic acid groups (broad SMARTS) is 1. The number of fused-ring (bicyclic) bond motifs is 5. The lowest BCUT2D eigenvalue weighted by Gasteiger charge is -2.34. The number of carbonyl (C=O) groups is 2. The number of benzene rings is 2. The summed E-state index contributed by atoms with van der Waals surface area (Å²) in [5.74, 6) is -3.34. The first-order valence-corrected chi connectivity index (χ1v) is 17.4. The summed E-state index contributed by atoms with van der Waals surface area (Å²) in [6.07, 6.45) is 3.91. The monoisotopic (exact) mass is 730 g/mol. The minimum absolute atomic E-state index is 0.0330. The molecule has 20 heteroatoms. The van der Waals surface area contributed by atoms with Crippen molar-refractivity contribution in [2.24, 2.45) is 0 Å². The minimum atomic E-state index is -4.77. The van der Waals surface area contributed by atoms with Gasteiger partial charge in [0.2, 0.25) is 12.2 Å². The Hall–Kier alpha value is -5.10. The molecule has 5 heterocycles. The zero-order valence-corrected chi connectivity index (χ0v) is 27.4. The Kier molecular flexibility index (Phi) is 8.16. The molecule has 1 unspecified atom stereocenters. The fourth-order valence-corrected chi connectivity index (χ4v) is 7.49. The number of hydrogen-bond acceptors (Lipinski definition) is 12. The van der Waals surface area contributed by atoms with Crippen molar-refractivity contribution in [2.75, 3.05) is 36.3 Å². The molecule has 3 aliphatic heterocycles. The van der Waals surface area contributed by atoms with Crippen LogP contribution in [0.4, 0.5) is 25.0 Å². The molecule has 2 N–H and O–H groups in total. The molecule has 1 aliphatic carbocycles. The van der Waals surface area contributed by atoms with E-state index in [1.165, 1.54) is 34.1 Å². The molecule has 0 bridgehead atoms. The van der Waals surface area contributed by atoms with Gasteiger partial charge in [-0.2, -0.15) is 0 Å². The number of ether oxygens (including phenoxy) is 3. The normalized spacial score (nSPS) is 22.3. The summed E-state index contributed by atoms with van der Waals surface area (Å²) in [4.78, 5) is 50.4. The largest absolute Gasteiger partial charge is 0.487 e. The molecule has 1 saturated carbocycles. The number of pyridine rings is 1. The van der Waals surface area contributed by atoms with Gasteiger partial charge in [-0.3, -0.25) is 14.2 Å². The molecule has 4 aromatic rings. The first-order valence-electron chi connectivity index (χ1n) is 15.9. The lowest BCUT2D eigenvalue weighted by atomic mass is 10.1. The number of phosphoric acid groups is 1. The number of anilines is 2. The fourth-order valence-electron chi connectivity index (χ4n) is 6.72. The van der Waals surface area contributed by atoms with Crippen molar-refractivity contribution in [3.05, 3.63) is 70.3 Å². The summed E-state index contributed by atoms with van der Waals surface area (Å²) < 4.78 is 73.5. The molecular weight excluding hydrogens is 701 g/mol. The van der Waals surface area contributed by atoms with Crippen molar-refractivity contribution in [1.29, 1.82) is 0 Å². The van der Waals surface area contributed by atoms with E-state index in [1.807, 2.05) is 0 Å². The van der Waals surface area contributed by atoms with Crippen LogP contribution in [-0.4, -0.2) is 86.4 Å². The average molecular weight is 731 g/mol. The second-order valence-corrected chi connectivity index (χ2v) is 14.0. The molecule has 17 nitrogen and oxygen atoms in total. The third-order valence-corrected chi connectivity index (χ3v) is 10.1. The number of cyclic esters (lactones) is 1.